The lowest BCUT2D eigenvalue weighted by Crippen LogP contribution is -2.67. The van der Waals surface area contributed by atoms with Crippen molar-refractivity contribution in [1.82, 2.24) is 15.6 Å². The Labute approximate surface area is 208 Å². The number of carbonyl (C=O) groups is 2. The average Bonchev–Trinajstić information content (AvgIpc) is 3.18. The summed E-state index contributed by atoms with van der Waals surface area (Å²) < 4.78 is 58.9. The van der Waals surface area contributed by atoms with Gasteiger partial charge in [0.1, 0.15) is 16.4 Å². The van der Waals surface area contributed by atoms with E-state index in [1.165, 1.54) is 19.1 Å². The molecule has 2 amide bonds. The van der Waals surface area contributed by atoms with Crippen LogP contribution in [-0.2, 0) is 11.0 Å². The van der Waals surface area contributed by atoms with Crippen molar-refractivity contribution in [3.8, 4) is 5.75 Å². The maximum Gasteiger partial charge on any atom is 0.435 e. The fourth-order valence-electron chi connectivity index (χ4n) is 5.18. The summed E-state index contributed by atoms with van der Waals surface area (Å²) >= 11 is 6.38. The molecule has 6 nitrogen and oxygen atoms in total. The summed E-state index contributed by atoms with van der Waals surface area (Å²) in [7, 11) is 0. The van der Waals surface area contributed by atoms with Gasteiger partial charge in [0.05, 0.1) is 10.0 Å². The zero-order valence-corrected chi connectivity index (χ0v) is 20.6. The maximum atomic E-state index is 13.6. The standard InChI is InChI=1S/C23H24ClF4N3O3S/c1-12-10-21(31-20(33)18-19(23(26,27)28)29-13(2)35-18)5-7-22(12,8-6-21)30-17(32)11-34-14-3-4-15(24)16(25)9-14/h3-4,9,12H,5-8,10-11H2,1-2H3,(H,30,32)(H,31,33). The first-order valence-corrected chi connectivity index (χ1v) is 12.3. The molecular formula is C23H24ClF4N3O3S. The Morgan fingerprint density at radius 2 is 1.91 bits per heavy atom. The van der Waals surface area contributed by atoms with Crippen LogP contribution in [0, 0.1) is 18.7 Å². The number of nitrogens with one attached hydrogen (secondary N) is 2. The molecule has 2 N–H and O–H groups in total. The van der Waals surface area contributed by atoms with Gasteiger partial charge in [-0.05, 0) is 57.1 Å². The fraction of sp³-hybridized carbons (Fsp3) is 0.522. The summed E-state index contributed by atoms with van der Waals surface area (Å²) in [5.74, 6) is -1.63. The number of benzene rings is 1. The van der Waals surface area contributed by atoms with Gasteiger partial charge in [0.15, 0.2) is 12.3 Å². The normalized spacial score (nSPS) is 25.9. The molecule has 1 unspecified atom stereocenters. The van der Waals surface area contributed by atoms with E-state index in [0.29, 0.717) is 32.1 Å². The summed E-state index contributed by atoms with van der Waals surface area (Å²) in [5.41, 5.74) is -2.30. The SMILES string of the molecule is Cc1nc(C(F)(F)F)c(C(=O)NC23CCC(NC(=O)COc4ccc(Cl)c(F)c4)(CC2)C(C)C3)s1. The van der Waals surface area contributed by atoms with Crippen LogP contribution in [0.5, 0.6) is 5.75 Å². The largest absolute Gasteiger partial charge is 0.484 e. The first kappa shape index (κ1) is 25.7. The summed E-state index contributed by atoms with van der Waals surface area (Å²) in [6.07, 6.45) is -2.03. The van der Waals surface area contributed by atoms with E-state index in [4.69, 9.17) is 16.3 Å². The van der Waals surface area contributed by atoms with Gasteiger partial charge in [-0.2, -0.15) is 13.2 Å². The number of ether oxygens (including phenoxy) is 1. The second kappa shape index (κ2) is 9.24. The number of alkyl halides is 3. The molecule has 1 heterocycles. The molecule has 0 radical (unpaired) electrons. The van der Waals surface area contributed by atoms with Gasteiger partial charge >= 0.3 is 6.18 Å². The number of halogens is 5. The Hall–Kier alpha value is -2.40. The van der Waals surface area contributed by atoms with Crippen LogP contribution in [0.25, 0.3) is 0 Å². The molecule has 3 aliphatic carbocycles. The topological polar surface area (TPSA) is 80.3 Å². The van der Waals surface area contributed by atoms with Crippen LogP contribution in [-0.4, -0.2) is 34.5 Å². The van der Waals surface area contributed by atoms with Crippen LogP contribution in [0.4, 0.5) is 17.6 Å². The van der Waals surface area contributed by atoms with E-state index >= 15 is 0 Å². The van der Waals surface area contributed by atoms with Crippen molar-refractivity contribution in [2.75, 3.05) is 6.61 Å². The highest BCUT2D eigenvalue weighted by atomic mass is 35.5. The van der Waals surface area contributed by atoms with Gasteiger partial charge in [0, 0.05) is 17.1 Å². The predicted molar refractivity (Wildman–Crippen MR) is 122 cm³/mol. The van der Waals surface area contributed by atoms with Gasteiger partial charge in [-0.25, -0.2) is 9.37 Å². The molecule has 2 bridgehead atoms. The maximum absolute atomic E-state index is 13.6. The number of thiazole rings is 1. The quantitative estimate of drug-likeness (QED) is 0.495. The number of rotatable bonds is 6. The Balaban J connectivity index is 1.38. The highest BCUT2D eigenvalue weighted by Gasteiger charge is 2.54. The number of hydrogen-bond acceptors (Lipinski definition) is 5. The monoisotopic (exact) mass is 533 g/mol. The third-order valence-corrected chi connectivity index (χ3v) is 8.25. The summed E-state index contributed by atoms with van der Waals surface area (Å²) in [6, 6.07) is 3.91. The number of amides is 2. The van der Waals surface area contributed by atoms with Gasteiger partial charge < -0.3 is 15.4 Å². The van der Waals surface area contributed by atoms with Crippen molar-refractivity contribution in [3.63, 3.8) is 0 Å². The molecule has 0 spiro atoms. The number of aryl methyl sites for hydroxylation is 1. The number of hydrogen-bond donors (Lipinski definition) is 2. The van der Waals surface area contributed by atoms with E-state index in [9.17, 15) is 27.2 Å². The first-order chi connectivity index (χ1) is 16.3. The Bertz CT molecular complexity index is 1150. The predicted octanol–water partition coefficient (Wildman–Crippen LogP) is 5.28. The van der Waals surface area contributed by atoms with E-state index < -0.39 is 39.5 Å². The van der Waals surface area contributed by atoms with Crippen LogP contribution in [0.2, 0.25) is 5.02 Å². The van der Waals surface area contributed by atoms with Crippen molar-refractivity contribution in [2.24, 2.45) is 5.92 Å². The summed E-state index contributed by atoms with van der Waals surface area (Å²) in [6.45, 7) is 3.08. The van der Waals surface area contributed by atoms with Gasteiger partial charge in [-0.15, -0.1) is 11.3 Å². The van der Waals surface area contributed by atoms with Crippen molar-refractivity contribution >= 4 is 34.8 Å². The summed E-state index contributed by atoms with van der Waals surface area (Å²) in [4.78, 5) is 28.5. The number of aromatic nitrogens is 1. The lowest BCUT2D eigenvalue weighted by Gasteiger charge is -2.57. The molecule has 5 rings (SSSR count). The molecule has 35 heavy (non-hydrogen) atoms. The van der Waals surface area contributed by atoms with Crippen molar-refractivity contribution in [2.45, 2.75) is 63.2 Å². The third kappa shape index (κ3) is 5.25. The van der Waals surface area contributed by atoms with E-state index in [-0.39, 0.29) is 34.2 Å². The Kier molecular flexibility index (Phi) is 6.78. The summed E-state index contributed by atoms with van der Waals surface area (Å²) in [5, 5.41) is 6.04. The third-order valence-electron chi connectivity index (χ3n) is 6.98. The molecule has 3 aliphatic rings. The number of fused-ring (bicyclic) bond motifs is 3. The molecule has 2 aromatic rings. The molecule has 12 heteroatoms. The second-order valence-electron chi connectivity index (χ2n) is 9.32. The van der Waals surface area contributed by atoms with Crippen LogP contribution in [0.15, 0.2) is 18.2 Å². The van der Waals surface area contributed by atoms with Crippen molar-refractivity contribution in [1.29, 1.82) is 0 Å². The van der Waals surface area contributed by atoms with Crippen molar-refractivity contribution in [3.05, 3.63) is 44.6 Å². The lowest BCUT2D eigenvalue weighted by atomic mass is 9.56. The molecule has 1 aromatic heterocycles. The molecule has 190 valence electrons. The zero-order valence-electron chi connectivity index (χ0n) is 19.0. The first-order valence-electron chi connectivity index (χ1n) is 11.1. The van der Waals surface area contributed by atoms with Crippen molar-refractivity contribution < 1.29 is 31.9 Å². The zero-order chi connectivity index (χ0) is 25.6. The van der Waals surface area contributed by atoms with Crippen LogP contribution >= 0.6 is 22.9 Å². The van der Waals surface area contributed by atoms with Crippen LogP contribution in [0.1, 0.15) is 59.4 Å². The smallest absolute Gasteiger partial charge is 0.435 e. The van der Waals surface area contributed by atoms with Gasteiger partial charge in [-0.3, -0.25) is 9.59 Å². The van der Waals surface area contributed by atoms with Gasteiger partial charge in [0.25, 0.3) is 11.8 Å². The molecule has 3 saturated carbocycles. The average molecular weight is 534 g/mol. The van der Waals surface area contributed by atoms with Crippen LogP contribution in [0.3, 0.4) is 0 Å². The van der Waals surface area contributed by atoms with Crippen LogP contribution < -0.4 is 15.4 Å². The Morgan fingerprint density at radius 3 is 2.51 bits per heavy atom. The van der Waals surface area contributed by atoms with E-state index in [0.717, 1.165) is 17.4 Å². The molecule has 0 saturated heterocycles. The molecule has 1 aromatic carbocycles. The minimum Gasteiger partial charge on any atom is -0.484 e. The molecular weight excluding hydrogens is 510 g/mol. The van der Waals surface area contributed by atoms with E-state index in [1.807, 2.05) is 6.92 Å². The fourth-order valence-corrected chi connectivity index (χ4v) is 6.13. The second-order valence-corrected chi connectivity index (χ2v) is 10.9. The Morgan fingerprint density at radius 1 is 1.23 bits per heavy atom. The van der Waals surface area contributed by atoms with E-state index in [2.05, 4.69) is 15.6 Å². The molecule has 1 atom stereocenters. The highest BCUT2D eigenvalue weighted by Crippen LogP contribution is 2.50. The highest BCUT2D eigenvalue weighted by molar-refractivity contribution is 7.13. The molecule has 0 aliphatic heterocycles. The van der Waals surface area contributed by atoms with Gasteiger partial charge in [-0.1, -0.05) is 18.5 Å². The van der Waals surface area contributed by atoms with E-state index in [1.54, 1.807) is 0 Å². The van der Waals surface area contributed by atoms with Gasteiger partial charge in [0.2, 0.25) is 0 Å². The number of nitrogens with zero attached hydrogens (tertiary/aromatic N) is 1. The number of carbonyl (C=O) groups excluding carboxylic acids is 2. The minimum absolute atomic E-state index is 0.0347. The minimum atomic E-state index is -4.71. The molecule has 3 fully saturated rings. The lowest BCUT2D eigenvalue weighted by molar-refractivity contribution is -0.141.